The predicted molar refractivity (Wildman–Crippen MR) is 127 cm³/mol. The second-order valence-electron chi connectivity index (χ2n) is 10.0. The summed E-state index contributed by atoms with van der Waals surface area (Å²) in [5.74, 6) is -7.52. The Hall–Kier alpha value is -3.26. The van der Waals surface area contributed by atoms with Gasteiger partial charge in [0, 0.05) is 30.3 Å². The molecule has 1 aliphatic carbocycles. The molecule has 0 unspecified atom stereocenters. The number of hydrogen-bond donors (Lipinski definition) is 3. The maximum absolute atomic E-state index is 15.0. The largest absolute Gasteiger partial charge is 0.356 e. The van der Waals surface area contributed by atoms with Crippen molar-refractivity contribution < 1.29 is 27.6 Å². The number of carbonyl (C=O) groups excluding carboxylic acids is 3. The van der Waals surface area contributed by atoms with Crippen LogP contribution in [-0.4, -0.2) is 58.2 Å². The number of halogens is 4. The van der Waals surface area contributed by atoms with Gasteiger partial charge in [0.15, 0.2) is 0 Å². The van der Waals surface area contributed by atoms with E-state index in [0.717, 1.165) is 17.4 Å². The van der Waals surface area contributed by atoms with Gasteiger partial charge in [-0.05, 0) is 50.3 Å². The molecule has 196 valence electrons. The normalized spacial score (nSPS) is 27.4. The summed E-state index contributed by atoms with van der Waals surface area (Å²) in [6.07, 6.45) is 1.06. The van der Waals surface area contributed by atoms with E-state index < -0.39 is 59.9 Å². The number of benzene rings is 1. The van der Waals surface area contributed by atoms with Gasteiger partial charge >= 0.3 is 0 Å². The molecule has 2 bridgehead atoms. The molecule has 2 aromatic rings. The molecule has 0 spiro atoms. The molecule has 0 radical (unpaired) electrons. The minimum Gasteiger partial charge on any atom is -0.356 e. The van der Waals surface area contributed by atoms with E-state index in [2.05, 4.69) is 15.6 Å². The van der Waals surface area contributed by atoms with Crippen molar-refractivity contribution in [1.29, 1.82) is 5.26 Å². The Morgan fingerprint density at radius 1 is 1.30 bits per heavy atom. The first-order valence-corrected chi connectivity index (χ1v) is 12.6. The van der Waals surface area contributed by atoms with Gasteiger partial charge in [-0.15, -0.1) is 0 Å². The summed E-state index contributed by atoms with van der Waals surface area (Å²) < 4.78 is 44.2. The Kier molecular flexibility index (Phi) is 6.56. The number of carbonyl (C=O) groups is 3. The summed E-state index contributed by atoms with van der Waals surface area (Å²) in [4.78, 5) is 43.1. The molecule has 4 heterocycles. The molecular weight excluding hydrogens is 511 g/mol. The summed E-state index contributed by atoms with van der Waals surface area (Å²) in [5.41, 5.74) is 0.111. The van der Waals surface area contributed by atoms with Crippen LogP contribution >= 0.6 is 11.6 Å². The van der Waals surface area contributed by atoms with Gasteiger partial charge in [0.2, 0.25) is 11.8 Å². The first kappa shape index (κ1) is 25.4. The molecule has 12 heteroatoms. The minimum absolute atomic E-state index is 0.0366. The zero-order chi connectivity index (χ0) is 26.5. The number of rotatable bonds is 5. The van der Waals surface area contributed by atoms with E-state index in [1.165, 1.54) is 12.1 Å². The number of aromatic amines is 1. The van der Waals surface area contributed by atoms with Crippen LogP contribution in [0.3, 0.4) is 0 Å². The molecule has 8 nitrogen and oxygen atoms in total. The van der Waals surface area contributed by atoms with E-state index in [-0.39, 0.29) is 46.8 Å². The minimum atomic E-state index is -3.18. The van der Waals surface area contributed by atoms with Gasteiger partial charge in [-0.25, -0.2) is 13.2 Å². The number of nitrogens with zero attached hydrogens (tertiary/aromatic N) is 2. The Labute approximate surface area is 215 Å². The van der Waals surface area contributed by atoms with Crippen LogP contribution in [-0.2, 0) is 9.59 Å². The highest BCUT2D eigenvalue weighted by Crippen LogP contribution is 2.49. The number of hydrogen-bond acceptors (Lipinski definition) is 4. The standard InChI is InChI=1S/C25H25ClF3N5O3/c26-17-5-6-18(27)15-9-19(33-20(15)17)24(37)34-14-3-4-16(25(28,29)10-14)21(34)23(36)32-13(11-30)8-12-2-1-7-31-22(12)35/h5-6,9,12-14,16,21,33H,1-4,7-8,10H2,(H,31,35)(H,32,36)/t12-,13-,14+,16+,21+/m1/s1. The van der Waals surface area contributed by atoms with Crippen LogP contribution < -0.4 is 10.6 Å². The van der Waals surface area contributed by atoms with Gasteiger partial charge in [-0.2, -0.15) is 5.26 Å². The summed E-state index contributed by atoms with van der Waals surface area (Å²) in [6.45, 7) is 0.541. The third-order valence-electron chi connectivity index (χ3n) is 7.75. The maximum atomic E-state index is 15.0. The van der Waals surface area contributed by atoms with Crippen LogP contribution in [0.2, 0.25) is 5.02 Å². The fourth-order valence-electron chi connectivity index (χ4n) is 5.95. The van der Waals surface area contributed by atoms with Crippen molar-refractivity contribution in [2.45, 2.75) is 62.6 Å². The second kappa shape index (κ2) is 9.56. The Morgan fingerprint density at radius 3 is 2.76 bits per heavy atom. The molecule has 1 saturated carbocycles. The van der Waals surface area contributed by atoms with Crippen LogP contribution in [0.4, 0.5) is 13.2 Å². The van der Waals surface area contributed by atoms with Crippen molar-refractivity contribution in [3.63, 3.8) is 0 Å². The van der Waals surface area contributed by atoms with Crippen LogP contribution in [0.1, 0.15) is 49.0 Å². The number of piperidine rings is 3. The third-order valence-corrected chi connectivity index (χ3v) is 8.07. The monoisotopic (exact) mass is 535 g/mol. The molecule has 3 N–H and O–H groups in total. The van der Waals surface area contributed by atoms with Crippen molar-refractivity contribution in [2.24, 2.45) is 11.8 Å². The molecule has 37 heavy (non-hydrogen) atoms. The molecule has 3 aliphatic heterocycles. The zero-order valence-electron chi connectivity index (χ0n) is 19.7. The number of nitriles is 1. The highest BCUT2D eigenvalue weighted by atomic mass is 35.5. The van der Waals surface area contributed by atoms with Crippen molar-refractivity contribution in [3.8, 4) is 6.07 Å². The number of nitrogens with one attached hydrogen (secondary N) is 3. The van der Waals surface area contributed by atoms with Crippen molar-refractivity contribution in [1.82, 2.24) is 20.5 Å². The number of amides is 3. The highest BCUT2D eigenvalue weighted by Gasteiger charge is 2.60. The number of aromatic nitrogens is 1. The maximum Gasteiger partial charge on any atom is 0.271 e. The molecule has 4 fully saturated rings. The fourth-order valence-corrected chi connectivity index (χ4v) is 6.16. The predicted octanol–water partition coefficient (Wildman–Crippen LogP) is 3.51. The molecule has 3 saturated heterocycles. The lowest BCUT2D eigenvalue weighted by Gasteiger charge is -2.53. The summed E-state index contributed by atoms with van der Waals surface area (Å²) >= 11 is 6.13. The first-order valence-electron chi connectivity index (χ1n) is 12.3. The Bertz CT molecular complexity index is 1270. The van der Waals surface area contributed by atoms with Crippen LogP contribution in [0.15, 0.2) is 18.2 Å². The van der Waals surface area contributed by atoms with Crippen molar-refractivity contribution in [3.05, 3.63) is 34.7 Å². The Morgan fingerprint density at radius 2 is 2.08 bits per heavy atom. The zero-order valence-corrected chi connectivity index (χ0v) is 20.5. The van der Waals surface area contributed by atoms with E-state index in [1.54, 1.807) is 0 Å². The number of H-pyrrole nitrogens is 1. The average Bonchev–Trinajstić information content (AvgIpc) is 3.33. The highest BCUT2D eigenvalue weighted by molar-refractivity contribution is 6.35. The fraction of sp³-hybridized carbons (Fsp3) is 0.520. The van der Waals surface area contributed by atoms with E-state index in [0.29, 0.717) is 13.0 Å². The molecular formula is C25H25ClF3N5O3. The molecule has 1 aromatic carbocycles. The quantitative estimate of drug-likeness (QED) is 0.543. The van der Waals surface area contributed by atoms with Crippen LogP contribution in [0.5, 0.6) is 0 Å². The van der Waals surface area contributed by atoms with E-state index in [1.807, 2.05) is 6.07 Å². The van der Waals surface area contributed by atoms with Crippen LogP contribution in [0, 0.1) is 29.0 Å². The van der Waals surface area contributed by atoms with Gasteiger partial charge in [-0.3, -0.25) is 14.4 Å². The van der Waals surface area contributed by atoms with Gasteiger partial charge < -0.3 is 20.5 Å². The van der Waals surface area contributed by atoms with Crippen LogP contribution in [0.25, 0.3) is 10.9 Å². The van der Waals surface area contributed by atoms with Crippen molar-refractivity contribution >= 4 is 40.2 Å². The van der Waals surface area contributed by atoms with Gasteiger partial charge in [0.25, 0.3) is 11.8 Å². The van der Waals surface area contributed by atoms with Gasteiger partial charge in [0.1, 0.15) is 23.6 Å². The summed E-state index contributed by atoms with van der Waals surface area (Å²) in [7, 11) is 0. The molecule has 4 aliphatic rings. The molecule has 1 aromatic heterocycles. The SMILES string of the molecule is N#C[C@@H](C[C@H]1CCCNC1=O)NC(=O)[C@@H]1[C@@H]2CC[C@@H](CC2(F)F)N1C(=O)c1cc2c(F)ccc(Cl)c2[nH]1. The number of alkyl halides is 2. The van der Waals surface area contributed by atoms with Gasteiger partial charge in [-0.1, -0.05) is 11.6 Å². The van der Waals surface area contributed by atoms with Gasteiger partial charge in [0.05, 0.1) is 22.5 Å². The summed E-state index contributed by atoms with van der Waals surface area (Å²) in [6, 6.07) is 2.15. The molecule has 6 rings (SSSR count). The Balaban J connectivity index is 1.43. The second-order valence-corrected chi connectivity index (χ2v) is 10.4. The smallest absolute Gasteiger partial charge is 0.271 e. The average molecular weight is 536 g/mol. The lowest BCUT2D eigenvalue weighted by Crippen LogP contribution is -2.68. The number of fused-ring (bicyclic) bond motifs is 4. The van der Waals surface area contributed by atoms with E-state index in [9.17, 15) is 32.8 Å². The topological polar surface area (TPSA) is 118 Å². The molecule has 5 atom stereocenters. The van der Waals surface area contributed by atoms with E-state index in [4.69, 9.17) is 11.6 Å². The van der Waals surface area contributed by atoms with E-state index >= 15 is 0 Å². The lowest BCUT2D eigenvalue weighted by atomic mass is 9.71. The lowest BCUT2D eigenvalue weighted by molar-refractivity contribution is -0.179. The van der Waals surface area contributed by atoms with Crippen molar-refractivity contribution in [2.75, 3.05) is 6.54 Å². The summed E-state index contributed by atoms with van der Waals surface area (Å²) in [5, 5.41) is 15.1. The molecule has 3 amide bonds. The first-order chi connectivity index (χ1) is 17.6. The third kappa shape index (κ3) is 4.52.